The molecule has 0 aliphatic carbocycles. The lowest BCUT2D eigenvalue weighted by atomic mass is 9.93. The molecule has 6 heteroatoms. The highest BCUT2D eigenvalue weighted by Crippen LogP contribution is 2.23. The number of aromatic nitrogens is 3. The first kappa shape index (κ1) is 16.9. The predicted molar refractivity (Wildman–Crippen MR) is 96.1 cm³/mol. The number of halogens is 2. The summed E-state index contributed by atoms with van der Waals surface area (Å²) in [5.41, 5.74) is 1.75. The Morgan fingerprint density at radius 3 is 2.54 bits per heavy atom. The third-order valence-electron chi connectivity index (χ3n) is 4.11. The van der Waals surface area contributed by atoms with Gasteiger partial charge in [-0.1, -0.05) is 39.0 Å². The quantitative estimate of drug-likeness (QED) is 0.660. The van der Waals surface area contributed by atoms with Gasteiger partial charge in [0, 0.05) is 22.9 Å². The third-order valence-corrected chi connectivity index (χ3v) is 5.03. The fraction of sp³-hybridized carbons (Fsp3) is 0.333. The van der Waals surface area contributed by atoms with Crippen molar-refractivity contribution in [2.75, 3.05) is 0 Å². The smallest absolute Gasteiger partial charge is 0.273 e. The van der Waals surface area contributed by atoms with E-state index in [1.165, 1.54) is 10.5 Å². The summed E-state index contributed by atoms with van der Waals surface area (Å²) in [7, 11) is 0. The number of fused-ring (bicyclic) bond motifs is 1. The molecule has 0 fully saturated rings. The van der Waals surface area contributed by atoms with Gasteiger partial charge in [0.15, 0.2) is 0 Å². The fourth-order valence-electron chi connectivity index (χ4n) is 2.59. The second-order valence-electron chi connectivity index (χ2n) is 6.93. The van der Waals surface area contributed by atoms with Crippen LogP contribution in [0, 0.1) is 12.7 Å². The van der Waals surface area contributed by atoms with Crippen molar-refractivity contribution in [3.63, 3.8) is 0 Å². The van der Waals surface area contributed by atoms with E-state index in [4.69, 9.17) is 0 Å². The maximum atomic E-state index is 14.1. The predicted octanol–water partition coefficient (Wildman–Crippen LogP) is 4.05. The molecule has 2 heterocycles. The fourth-order valence-corrected chi connectivity index (χ4v) is 2.99. The van der Waals surface area contributed by atoms with Crippen molar-refractivity contribution in [3.8, 4) is 0 Å². The second kappa shape index (κ2) is 5.84. The van der Waals surface area contributed by atoms with Crippen LogP contribution < -0.4 is 5.56 Å². The normalized spacial score (nSPS) is 12.1. The molecule has 1 aromatic carbocycles. The summed E-state index contributed by atoms with van der Waals surface area (Å²) in [5, 5.41) is 0. The highest BCUT2D eigenvalue weighted by atomic mass is 79.9. The van der Waals surface area contributed by atoms with Gasteiger partial charge < -0.3 is 4.57 Å². The van der Waals surface area contributed by atoms with Crippen LogP contribution in [-0.4, -0.2) is 14.0 Å². The van der Waals surface area contributed by atoms with Gasteiger partial charge in [0.1, 0.15) is 10.3 Å². The van der Waals surface area contributed by atoms with Gasteiger partial charge in [0.2, 0.25) is 5.78 Å². The van der Waals surface area contributed by atoms with Crippen molar-refractivity contribution in [2.45, 2.75) is 39.7 Å². The zero-order valence-corrected chi connectivity index (χ0v) is 15.7. The molecule has 0 unspecified atom stereocenters. The summed E-state index contributed by atoms with van der Waals surface area (Å²) in [6.45, 7) is 8.27. The van der Waals surface area contributed by atoms with Gasteiger partial charge in [-0.15, -0.1) is 0 Å². The minimum absolute atomic E-state index is 0.157. The van der Waals surface area contributed by atoms with Crippen LogP contribution in [0.5, 0.6) is 0 Å². The van der Waals surface area contributed by atoms with Crippen LogP contribution in [0.3, 0.4) is 0 Å². The van der Waals surface area contributed by atoms with Crippen LogP contribution >= 0.6 is 15.9 Å². The standard InChI is InChI=1S/C18H19BrFN3O/c1-11-15(19)16(24)23-10-14(18(2,3)4)21-17(23)22(11)9-12-7-5-6-8-13(12)20/h5-8,10H,9H2,1-4H3. The lowest BCUT2D eigenvalue weighted by Gasteiger charge is -2.15. The highest BCUT2D eigenvalue weighted by molar-refractivity contribution is 9.10. The number of benzene rings is 1. The van der Waals surface area contributed by atoms with E-state index in [0.29, 0.717) is 22.4 Å². The summed E-state index contributed by atoms with van der Waals surface area (Å²) in [6, 6.07) is 6.64. The van der Waals surface area contributed by atoms with Crippen LogP contribution in [0.1, 0.15) is 37.7 Å². The van der Waals surface area contributed by atoms with Gasteiger partial charge in [0.25, 0.3) is 5.56 Å². The molecule has 2 aromatic heterocycles. The molecule has 0 amide bonds. The number of rotatable bonds is 2. The molecule has 4 nitrogen and oxygen atoms in total. The molecule has 0 saturated heterocycles. The topological polar surface area (TPSA) is 39.3 Å². The SMILES string of the molecule is Cc1c(Br)c(=O)n2cc(C(C)(C)C)nc2n1Cc1ccccc1F. The molecule has 0 bridgehead atoms. The van der Waals surface area contributed by atoms with Gasteiger partial charge in [-0.3, -0.25) is 9.20 Å². The molecule has 0 saturated carbocycles. The van der Waals surface area contributed by atoms with Crippen molar-refractivity contribution in [3.05, 3.63) is 68.1 Å². The lowest BCUT2D eigenvalue weighted by molar-refractivity contribution is 0.571. The Bertz CT molecular complexity index is 982. The van der Waals surface area contributed by atoms with E-state index in [2.05, 4.69) is 20.9 Å². The van der Waals surface area contributed by atoms with Crippen molar-refractivity contribution in [1.29, 1.82) is 0 Å². The van der Waals surface area contributed by atoms with Crippen molar-refractivity contribution in [2.24, 2.45) is 0 Å². The van der Waals surface area contributed by atoms with Gasteiger partial charge in [-0.2, -0.15) is 0 Å². The van der Waals surface area contributed by atoms with Crippen LogP contribution in [0.4, 0.5) is 4.39 Å². The number of hydrogen-bond acceptors (Lipinski definition) is 2. The molecule has 0 aliphatic rings. The molecule has 126 valence electrons. The van der Waals surface area contributed by atoms with E-state index in [0.717, 1.165) is 11.4 Å². The van der Waals surface area contributed by atoms with E-state index in [1.807, 2.05) is 32.3 Å². The maximum Gasteiger partial charge on any atom is 0.273 e. The third kappa shape index (κ3) is 2.79. The Balaban J connectivity index is 2.28. The van der Waals surface area contributed by atoms with Crippen LogP contribution in [0.2, 0.25) is 0 Å². The van der Waals surface area contributed by atoms with E-state index in [9.17, 15) is 9.18 Å². The summed E-state index contributed by atoms with van der Waals surface area (Å²) >= 11 is 3.37. The summed E-state index contributed by atoms with van der Waals surface area (Å²) in [5.74, 6) is 0.251. The molecule has 3 aromatic rings. The van der Waals surface area contributed by atoms with Gasteiger partial charge in [-0.05, 0) is 28.9 Å². The van der Waals surface area contributed by atoms with Crippen molar-refractivity contribution >= 4 is 21.7 Å². The minimum Gasteiger partial charge on any atom is -0.310 e. The Hall–Kier alpha value is -1.95. The lowest BCUT2D eigenvalue weighted by Crippen LogP contribution is -2.21. The molecule has 24 heavy (non-hydrogen) atoms. The number of nitrogens with zero attached hydrogens (tertiary/aromatic N) is 3. The Kier molecular flexibility index (Phi) is 4.11. The Morgan fingerprint density at radius 2 is 1.92 bits per heavy atom. The molecule has 0 spiro atoms. The van der Waals surface area contributed by atoms with Gasteiger partial charge in [-0.25, -0.2) is 9.37 Å². The maximum absolute atomic E-state index is 14.1. The Labute approximate surface area is 148 Å². The average Bonchev–Trinajstić information content (AvgIpc) is 2.96. The molecule has 3 rings (SSSR count). The molecular weight excluding hydrogens is 373 g/mol. The second-order valence-corrected chi connectivity index (χ2v) is 7.72. The van der Waals surface area contributed by atoms with E-state index >= 15 is 0 Å². The van der Waals surface area contributed by atoms with E-state index in [-0.39, 0.29) is 16.8 Å². The molecule has 0 aliphatic heterocycles. The van der Waals surface area contributed by atoms with Crippen molar-refractivity contribution < 1.29 is 4.39 Å². The molecular formula is C18H19BrFN3O. The van der Waals surface area contributed by atoms with Crippen LogP contribution in [-0.2, 0) is 12.0 Å². The summed E-state index contributed by atoms with van der Waals surface area (Å²) < 4.78 is 17.9. The monoisotopic (exact) mass is 391 g/mol. The average molecular weight is 392 g/mol. The molecule has 0 radical (unpaired) electrons. The first-order chi connectivity index (χ1) is 11.2. The zero-order valence-electron chi connectivity index (χ0n) is 14.1. The number of hydrogen-bond donors (Lipinski definition) is 0. The number of imidazole rings is 1. The van der Waals surface area contributed by atoms with Crippen LogP contribution in [0.15, 0.2) is 39.7 Å². The molecule has 0 atom stereocenters. The van der Waals surface area contributed by atoms with Crippen LogP contribution in [0.25, 0.3) is 5.78 Å². The van der Waals surface area contributed by atoms with E-state index < -0.39 is 0 Å². The zero-order chi connectivity index (χ0) is 17.6. The summed E-state index contributed by atoms with van der Waals surface area (Å²) in [4.78, 5) is 17.2. The summed E-state index contributed by atoms with van der Waals surface area (Å²) in [6.07, 6.45) is 1.76. The first-order valence-electron chi connectivity index (χ1n) is 7.72. The minimum atomic E-state index is -0.271. The van der Waals surface area contributed by atoms with Crippen molar-refractivity contribution in [1.82, 2.24) is 14.0 Å². The molecule has 0 N–H and O–H groups in total. The van der Waals surface area contributed by atoms with Gasteiger partial charge in [0.05, 0.1) is 12.2 Å². The Morgan fingerprint density at radius 1 is 1.25 bits per heavy atom. The largest absolute Gasteiger partial charge is 0.310 e. The van der Waals surface area contributed by atoms with E-state index in [1.54, 1.807) is 24.4 Å². The first-order valence-corrected chi connectivity index (χ1v) is 8.51. The highest BCUT2D eigenvalue weighted by Gasteiger charge is 2.22. The van der Waals surface area contributed by atoms with Gasteiger partial charge >= 0.3 is 0 Å².